The lowest BCUT2D eigenvalue weighted by Crippen LogP contribution is -2.56. The molecule has 0 saturated carbocycles. The smallest absolute Gasteiger partial charge is 0.253 e. The first-order chi connectivity index (χ1) is 16.4. The molecule has 4 atom stereocenters. The van der Waals surface area contributed by atoms with Crippen LogP contribution in [0, 0.1) is 18.8 Å². The summed E-state index contributed by atoms with van der Waals surface area (Å²) in [5, 5.41) is 0.497. The number of likely N-dealkylation sites (N-methyl/N-ethyl adjacent to an activating group) is 1. The van der Waals surface area contributed by atoms with Gasteiger partial charge in [0.05, 0.1) is 24.6 Å². The number of anilines is 2. The van der Waals surface area contributed by atoms with Gasteiger partial charge in [0.15, 0.2) is 0 Å². The fourth-order valence-electron chi connectivity index (χ4n) is 6.88. The van der Waals surface area contributed by atoms with E-state index in [0.29, 0.717) is 29.5 Å². The van der Waals surface area contributed by atoms with Crippen LogP contribution in [0.4, 0.5) is 11.4 Å². The van der Waals surface area contributed by atoms with Gasteiger partial charge in [-0.25, -0.2) is 4.90 Å². The number of methoxy groups -OCH3 is 1. The number of carbonyl (C=O) groups is 3. The van der Waals surface area contributed by atoms with E-state index in [4.69, 9.17) is 16.3 Å². The van der Waals surface area contributed by atoms with Crippen molar-refractivity contribution in [1.29, 1.82) is 0 Å². The van der Waals surface area contributed by atoms with E-state index in [1.54, 1.807) is 17.0 Å². The van der Waals surface area contributed by atoms with Gasteiger partial charge in [0, 0.05) is 34.9 Å². The summed E-state index contributed by atoms with van der Waals surface area (Å²) < 4.78 is 5.51. The highest BCUT2D eigenvalue weighted by molar-refractivity contribution is 6.32. The van der Waals surface area contributed by atoms with Crippen molar-refractivity contribution < 1.29 is 19.1 Å². The number of hydrogen-bond donors (Lipinski definition) is 0. The minimum absolute atomic E-state index is 0.0992. The largest absolute Gasteiger partial charge is 0.495 e. The number of hydrogen-bond acceptors (Lipinski definition) is 5. The van der Waals surface area contributed by atoms with Crippen LogP contribution < -0.4 is 14.5 Å². The second kappa shape index (κ2) is 7.30. The maximum Gasteiger partial charge on any atom is 0.253 e. The Morgan fingerprint density at radius 1 is 1.12 bits per heavy atom. The number of amides is 3. The van der Waals surface area contributed by atoms with E-state index in [1.807, 2.05) is 38.1 Å². The van der Waals surface area contributed by atoms with Gasteiger partial charge in [-0.15, -0.1) is 0 Å². The molecule has 0 N–H and O–H groups in total. The van der Waals surface area contributed by atoms with Gasteiger partial charge in [-0.1, -0.05) is 29.8 Å². The Kier molecular flexibility index (Phi) is 4.64. The van der Waals surface area contributed by atoms with Gasteiger partial charge < -0.3 is 9.64 Å². The normalized spacial score (nSPS) is 29.9. The van der Waals surface area contributed by atoms with Crippen molar-refractivity contribution in [3.05, 3.63) is 52.5 Å². The van der Waals surface area contributed by atoms with Crippen molar-refractivity contribution in [3.8, 4) is 5.75 Å². The molecule has 3 fully saturated rings. The van der Waals surface area contributed by atoms with Crippen molar-refractivity contribution in [2.75, 3.05) is 30.0 Å². The quantitative estimate of drug-likeness (QED) is 0.630. The summed E-state index contributed by atoms with van der Waals surface area (Å²) in [6.45, 7) is 4.97. The van der Waals surface area contributed by atoms with Crippen LogP contribution in [0.3, 0.4) is 0 Å². The fourth-order valence-corrected chi connectivity index (χ4v) is 7.03. The summed E-state index contributed by atoms with van der Waals surface area (Å²) in [5.41, 5.74) is 1.64. The zero-order chi connectivity index (χ0) is 23.9. The lowest BCUT2D eigenvalue weighted by Gasteiger charge is -2.37. The van der Waals surface area contributed by atoms with E-state index in [1.165, 1.54) is 12.0 Å². The van der Waals surface area contributed by atoms with Crippen LogP contribution in [0.15, 0.2) is 36.4 Å². The molecule has 4 unspecified atom stereocenters. The summed E-state index contributed by atoms with van der Waals surface area (Å²) in [6.07, 6.45) is 1.68. The van der Waals surface area contributed by atoms with Crippen LogP contribution in [-0.4, -0.2) is 48.9 Å². The Hall–Kier alpha value is -2.90. The van der Waals surface area contributed by atoms with E-state index >= 15 is 0 Å². The highest BCUT2D eigenvalue weighted by Crippen LogP contribution is 2.62. The molecule has 0 aromatic heterocycles. The summed E-state index contributed by atoms with van der Waals surface area (Å²) >= 11 is 6.29. The van der Waals surface area contributed by atoms with Gasteiger partial charge in [-0.3, -0.25) is 19.3 Å². The maximum absolute atomic E-state index is 14.2. The number of fused-ring (bicyclic) bond motifs is 7. The zero-order valence-electron chi connectivity index (χ0n) is 19.4. The molecule has 0 radical (unpaired) electrons. The van der Waals surface area contributed by atoms with Crippen molar-refractivity contribution in [1.82, 2.24) is 4.90 Å². The van der Waals surface area contributed by atoms with Crippen molar-refractivity contribution in [2.45, 2.75) is 38.3 Å². The minimum atomic E-state index is -1.16. The number of carbonyl (C=O) groups excluding carboxylic acids is 3. The van der Waals surface area contributed by atoms with Crippen molar-refractivity contribution >= 4 is 40.7 Å². The van der Waals surface area contributed by atoms with Crippen LogP contribution in [0.1, 0.15) is 30.9 Å². The molecule has 8 heteroatoms. The first kappa shape index (κ1) is 21.6. The molecule has 2 aromatic rings. The average Bonchev–Trinajstić information content (AvgIpc) is 3.53. The van der Waals surface area contributed by atoms with Crippen LogP contribution in [0.25, 0.3) is 0 Å². The summed E-state index contributed by atoms with van der Waals surface area (Å²) in [5.74, 6) is -1.70. The minimum Gasteiger partial charge on any atom is -0.495 e. The molecule has 4 aliphatic heterocycles. The van der Waals surface area contributed by atoms with E-state index in [-0.39, 0.29) is 23.8 Å². The average molecular weight is 480 g/mol. The van der Waals surface area contributed by atoms with Crippen LogP contribution >= 0.6 is 11.6 Å². The number of benzene rings is 2. The third-order valence-electron chi connectivity index (χ3n) is 8.16. The van der Waals surface area contributed by atoms with Crippen molar-refractivity contribution in [3.63, 3.8) is 0 Å². The number of halogens is 1. The Bertz CT molecular complexity index is 1260. The number of ether oxygens (including phenoxy) is 1. The molecular weight excluding hydrogens is 454 g/mol. The SMILES string of the molecule is CCN1C(=O)C2(c3ccccc31)C1C(=O)N(c3cc(C)c(Cl)cc3OC)C(=O)C1C1CCCN12. The van der Waals surface area contributed by atoms with Gasteiger partial charge in [-0.05, 0) is 50.9 Å². The second-order valence-corrected chi connectivity index (χ2v) is 9.93. The number of imide groups is 1. The second-order valence-electron chi connectivity index (χ2n) is 9.52. The van der Waals surface area contributed by atoms with E-state index < -0.39 is 17.4 Å². The molecule has 4 heterocycles. The highest BCUT2D eigenvalue weighted by Gasteiger charge is 2.75. The summed E-state index contributed by atoms with van der Waals surface area (Å²) in [7, 11) is 1.49. The maximum atomic E-state index is 14.2. The predicted molar refractivity (Wildman–Crippen MR) is 128 cm³/mol. The first-order valence-corrected chi connectivity index (χ1v) is 12.2. The number of para-hydroxylation sites is 1. The lowest BCUT2D eigenvalue weighted by atomic mass is 9.75. The summed E-state index contributed by atoms with van der Waals surface area (Å²) in [4.78, 5) is 47.6. The first-order valence-electron chi connectivity index (χ1n) is 11.8. The van der Waals surface area contributed by atoms with Crippen LogP contribution in [0.2, 0.25) is 5.02 Å². The molecular formula is C26H26ClN3O4. The molecule has 0 aliphatic carbocycles. The van der Waals surface area contributed by atoms with Crippen LogP contribution in [0.5, 0.6) is 5.75 Å². The Balaban J connectivity index is 1.57. The van der Waals surface area contributed by atoms with Crippen molar-refractivity contribution in [2.24, 2.45) is 11.8 Å². The molecule has 0 bridgehead atoms. The topological polar surface area (TPSA) is 70.2 Å². The number of nitrogens with zero attached hydrogens (tertiary/aromatic N) is 3. The fraction of sp³-hybridized carbons (Fsp3) is 0.423. The standard InChI is InChI=1S/C26H26ClN3O4/c1-4-28-17-9-6-5-8-15(17)26(25(28)33)22-21(18-10-7-11-29(18)26)23(31)30(24(22)32)19-12-14(2)16(27)13-20(19)34-3/h5-6,8-9,12-13,18,21-22H,4,7,10-11H2,1-3H3. The van der Waals surface area contributed by atoms with Gasteiger partial charge in [0.2, 0.25) is 11.8 Å². The lowest BCUT2D eigenvalue weighted by molar-refractivity contribution is -0.137. The van der Waals surface area contributed by atoms with E-state index in [9.17, 15) is 14.4 Å². The molecule has 6 rings (SSSR count). The monoisotopic (exact) mass is 479 g/mol. The molecule has 4 aliphatic rings. The summed E-state index contributed by atoms with van der Waals surface area (Å²) in [6, 6.07) is 10.9. The van der Waals surface area contributed by atoms with Crippen LogP contribution in [-0.2, 0) is 19.9 Å². The molecule has 1 spiro atoms. The molecule has 7 nitrogen and oxygen atoms in total. The zero-order valence-corrected chi connectivity index (χ0v) is 20.1. The van der Waals surface area contributed by atoms with Gasteiger partial charge in [-0.2, -0.15) is 0 Å². The Labute approximate surface area is 203 Å². The van der Waals surface area contributed by atoms with Gasteiger partial charge in [0.25, 0.3) is 5.91 Å². The molecule has 2 aromatic carbocycles. The molecule has 3 amide bonds. The highest BCUT2D eigenvalue weighted by atomic mass is 35.5. The third-order valence-corrected chi connectivity index (χ3v) is 8.57. The van der Waals surface area contributed by atoms with Gasteiger partial charge in [0.1, 0.15) is 11.3 Å². The van der Waals surface area contributed by atoms with Gasteiger partial charge >= 0.3 is 0 Å². The third kappa shape index (κ3) is 2.39. The van der Waals surface area contributed by atoms with E-state index in [2.05, 4.69) is 4.90 Å². The molecule has 34 heavy (non-hydrogen) atoms. The Morgan fingerprint density at radius 3 is 2.62 bits per heavy atom. The number of aryl methyl sites for hydroxylation is 1. The predicted octanol–water partition coefficient (Wildman–Crippen LogP) is 3.50. The molecule has 3 saturated heterocycles. The molecule has 176 valence electrons. The van der Waals surface area contributed by atoms with E-state index in [0.717, 1.165) is 29.7 Å². The number of rotatable bonds is 3. The Morgan fingerprint density at radius 2 is 1.88 bits per heavy atom.